The summed E-state index contributed by atoms with van der Waals surface area (Å²) in [6.07, 6.45) is 1.44. The van der Waals surface area contributed by atoms with E-state index >= 15 is 0 Å². The van der Waals surface area contributed by atoms with Crippen molar-refractivity contribution in [1.29, 1.82) is 0 Å². The van der Waals surface area contributed by atoms with Gasteiger partial charge >= 0.3 is 0 Å². The van der Waals surface area contributed by atoms with Crippen LogP contribution in [0.3, 0.4) is 0 Å². The number of nitrogens with zero attached hydrogens (tertiary/aromatic N) is 2. The van der Waals surface area contributed by atoms with Gasteiger partial charge in [-0.25, -0.2) is 13.4 Å². The van der Waals surface area contributed by atoms with Crippen molar-refractivity contribution in [2.24, 2.45) is 0 Å². The average molecular weight is 313 g/mol. The molecule has 0 saturated carbocycles. The standard InChI is InChI=1S/C13H13ClN2O3S/c1-16(10-5-3-6-11(9-10)19-2)20(17,18)12-7-4-8-15-13(12)14/h3-9H,1-2H3. The average Bonchev–Trinajstić information content (AvgIpc) is 2.46. The molecule has 0 atom stereocenters. The Kier molecular flexibility index (Phi) is 4.15. The van der Waals surface area contributed by atoms with Crippen molar-refractivity contribution in [3.05, 3.63) is 47.7 Å². The third-order valence-corrected chi connectivity index (χ3v) is 5.01. The van der Waals surface area contributed by atoms with Crippen LogP contribution >= 0.6 is 11.6 Å². The van der Waals surface area contributed by atoms with Crippen molar-refractivity contribution in [1.82, 2.24) is 4.98 Å². The summed E-state index contributed by atoms with van der Waals surface area (Å²) in [6, 6.07) is 9.69. The summed E-state index contributed by atoms with van der Waals surface area (Å²) in [5.74, 6) is 0.571. The van der Waals surface area contributed by atoms with Crippen molar-refractivity contribution in [2.75, 3.05) is 18.5 Å². The first-order valence-electron chi connectivity index (χ1n) is 5.70. The number of halogens is 1. The van der Waals surface area contributed by atoms with Gasteiger partial charge < -0.3 is 4.74 Å². The normalized spacial score (nSPS) is 11.2. The topological polar surface area (TPSA) is 59.5 Å². The maximum Gasteiger partial charge on any atom is 0.267 e. The van der Waals surface area contributed by atoms with Crippen LogP contribution in [0.15, 0.2) is 47.5 Å². The monoisotopic (exact) mass is 312 g/mol. The molecule has 5 nitrogen and oxygen atoms in total. The molecule has 106 valence electrons. The molecule has 0 amide bonds. The van der Waals surface area contributed by atoms with Gasteiger partial charge in [0.25, 0.3) is 10.0 Å². The summed E-state index contributed by atoms with van der Waals surface area (Å²) in [5.41, 5.74) is 0.476. The zero-order chi connectivity index (χ0) is 14.8. The van der Waals surface area contributed by atoms with Crippen LogP contribution in [0.5, 0.6) is 5.75 Å². The highest BCUT2D eigenvalue weighted by atomic mass is 35.5. The molecule has 0 radical (unpaired) electrons. The van der Waals surface area contributed by atoms with Gasteiger partial charge in [-0.1, -0.05) is 17.7 Å². The predicted octanol–water partition coefficient (Wildman–Crippen LogP) is 2.57. The Morgan fingerprint density at radius 1 is 1.25 bits per heavy atom. The molecule has 1 heterocycles. The highest BCUT2D eigenvalue weighted by molar-refractivity contribution is 7.92. The molecule has 0 fully saturated rings. The molecule has 7 heteroatoms. The van der Waals surface area contributed by atoms with Gasteiger partial charge in [0.15, 0.2) is 0 Å². The fourth-order valence-electron chi connectivity index (χ4n) is 1.66. The Labute approximate surface area is 122 Å². The van der Waals surface area contributed by atoms with Gasteiger partial charge in [0, 0.05) is 19.3 Å². The van der Waals surface area contributed by atoms with Crippen molar-refractivity contribution in [3.8, 4) is 5.75 Å². The fraction of sp³-hybridized carbons (Fsp3) is 0.154. The number of rotatable bonds is 4. The number of sulfonamides is 1. The van der Waals surface area contributed by atoms with Gasteiger partial charge in [-0.2, -0.15) is 0 Å². The smallest absolute Gasteiger partial charge is 0.267 e. The Balaban J connectivity index is 2.46. The second-order valence-corrected chi connectivity index (χ2v) is 6.26. The molecule has 0 bridgehead atoms. The maximum absolute atomic E-state index is 12.5. The van der Waals surface area contributed by atoms with Crippen LogP contribution in [0, 0.1) is 0 Å². The fourth-order valence-corrected chi connectivity index (χ4v) is 3.27. The molecule has 20 heavy (non-hydrogen) atoms. The minimum absolute atomic E-state index is 0.0352. The third-order valence-electron chi connectivity index (χ3n) is 2.78. The summed E-state index contributed by atoms with van der Waals surface area (Å²) in [6.45, 7) is 0. The van der Waals surface area contributed by atoms with E-state index in [1.165, 1.54) is 32.5 Å². The Hall–Kier alpha value is -1.79. The number of hydrogen-bond acceptors (Lipinski definition) is 4. The summed E-state index contributed by atoms with van der Waals surface area (Å²) >= 11 is 5.86. The van der Waals surface area contributed by atoms with E-state index in [0.29, 0.717) is 11.4 Å². The van der Waals surface area contributed by atoms with E-state index in [2.05, 4.69) is 4.98 Å². The van der Waals surface area contributed by atoms with Crippen molar-refractivity contribution < 1.29 is 13.2 Å². The lowest BCUT2D eigenvalue weighted by Gasteiger charge is -2.20. The molecule has 0 aliphatic heterocycles. The van der Waals surface area contributed by atoms with Crippen LogP contribution in [0.4, 0.5) is 5.69 Å². The molecule has 2 aromatic rings. The Bertz CT molecular complexity index is 719. The minimum atomic E-state index is -3.76. The van der Waals surface area contributed by atoms with Gasteiger partial charge in [0.1, 0.15) is 15.8 Å². The van der Waals surface area contributed by atoms with Gasteiger partial charge in [0.05, 0.1) is 12.8 Å². The number of anilines is 1. The molecule has 0 unspecified atom stereocenters. The number of aromatic nitrogens is 1. The van der Waals surface area contributed by atoms with E-state index < -0.39 is 10.0 Å². The highest BCUT2D eigenvalue weighted by Gasteiger charge is 2.24. The Morgan fingerprint density at radius 2 is 2.00 bits per heavy atom. The number of pyridine rings is 1. The van der Waals surface area contributed by atoms with Crippen LogP contribution in [-0.4, -0.2) is 27.6 Å². The summed E-state index contributed by atoms with van der Waals surface area (Å²) in [5, 5.41) is -0.0535. The molecule has 0 spiro atoms. The lowest BCUT2D eigenvalue weighted by molar-refractivity contribution is 0.415. The van der Waals surface area contributed by atoms with Crippen LogP contribution in [0.2, 0.25) is 5.15 Å². The number of benzene rings is 1. The zero-order valence-corrected chi connectivity index (χ0v) is 12.5. The molecular weight excluding hydrogens is 300 g/mol. The van der Waals surface area contributed by atoms with Gasteiger partial charge in [-0.3, -0.25) is 4.31 Å². The van der Waals surface area contributed by atoms with Crippen LogP contribution < -0.4 is 9.04 Å². The van der Waals surface area contributed by atoms with E-state index in [4.69, 9.17) is 16.3 Å². The van der Waals surface area contributed by atoms with E-state index in [0.717, 1.165) is 4.31 Å². The second kappa shape index (κ2) is 5.68. The quantitative estimate of drug-likeness (QED) is 0.814. The summed E-state index contributed by atoms with van der Waals surface area (Å²) < 4.78 is 31.3. The second-order valence-electron chi connectivity index (χ2n) is 3.97. The Morgan fingerprint density at radius 3 is 2.65 bits per heavy atom. The first-order chi connectivity index (χ1) is 9.46. The molecule has 0 saturated heterocycles. The number of methoxy groups -OCH3 is 1. The molecule has 2 rings (SSSR count). The van der Waals surface area contributed by atoms with E-state index in [1.807, 2.05) is 0 Å². The highest BCUT2D eigenvalue weighted by Crippen LogP contribution is 2.27. The third kappa shape index (κ3) is 2.71. The van der Waals surface area contributed by atoms with Crippen molar-refractivity contribution >= 4 is 27.3 Å². The summed E-state index contributed by atoms with van der Waals surface area (Å²) in [4.78, 5) is 3.75. The first kappa shape index (κ1) is 14.6. The van der Waals surface area contributed by atoms with Gasteiger partial charge in [-0.05, 0) is 24.3 Å². The van der Waals surface area contributed by atoms with E-state index in [1.54, 1.807) is 24.3 Å². The molecule has 0 aliphatic carbocycles. The minimum Gasteiger partial charge on any atom is -0.497 e. The molecule has 1 aromatic heterocycles. The van der Waals surface area contributed by atoms with Gasteiger partial charge in [0.2, 0.25) is 0 Å². The van der Waals surface area contributed by atoms with Crippen LogP contribution in [-0.2, 0) is 10.0 Å². The molecule has 1 aromatic carbocycles. The lowest BCUT2D eigenvalue weighted by Crippen LogP contribution is -2.26. The predicted molar refractivity (Wildman–Crippen MR) is 77.8 cm³/mol. The lowest BCUT2D eigenvalue weighted by atomic mass is 10.3. The van der Waals surface area contributed by atoms with Crippen molar-refractivity contribution in [2.45, 2.75) is 4.90 Å². The summed E-state index contributed by atoms with van der Waals surface area (Å²) in [7, 11) is -0.793. The first-order valence-corrected chi connectivity index (χ1v) is 7.52. The van der Waals surface area contributed by atoms with Crippen molar-refractivity contribution in [3.63, 3.8) is 0 Å². The van der Waals surface area contributed by atoms with Crippen LogP contribution in [0.1, 0.15) is 0 Å². The van der Waals surface area contributed by atoms with Gasteiger partial charge in [-0.15, -0.1) is 0 Å². The molecular formula is C13H13ClN2O3S. The van der Waals surface area contributed by atoms with E-state index in [-0.39, 0.29) is 10.0 Å². The maximum atomic E-state index is 12.5. The SMILES string of the molecule is COc1cccc(N(C)S(=O)(=O)c2cccnc2Cl)c1. The van der Waals surface area contributed by atoms with Crippen LogP contribution in [0.25, 0.3) is 0 Å². The number of ether oxygens (including phenoxy) is 1. The molecule has 0 N–H and O–H groups in total. The largest absolute Gasteiger partial charge is 0.497 e. The molecule has 0 aliphatic rings. The van der Waals surface area contributed by atoms with E-state index in [9.17, 15) is 8.42 Å². The zero-order valence-electron chi connectivity index (χ0n) is 10.9. The number of hydrogen-bond donors (Lipinski definition) is 0.